The van der Waals surface area contributed by atoms with Crippen LogP contribution in [0.3, 0.4) is 0 Å². The van der Waals surface area contributed by atoms with Gasteiger partial charge in [0.1, 0.15) is 0 Å². The van der Waals surface area contributed by atoms with Crippen LogP contribution in [0.4, 0.5) is 0 Å². The number of rotatable bonds is 4. The lowest BCUT2D eigenvalue weighted by Gasteiger charge is -2.46. The summed E-state index contributed by atoms with van der Waals surface area (Å²) in [5.41, 5.74) is 0.633. The van der Waals surface area contributed by atoms with Crippen LogP contribution in [-0.2, 0) is 0 Å². The van der Waals surface area contributed by atoms with Gasteiger partial charge < -0.3 is 5.32 Å². The van der Waals surface area contributed by atoms with E-state index in [4.69, 9.17) is 0 Å². The Morgan fingerprint density at radius 2 is 1.60 bits per heavy atom. The summed E-state index contributed by atoms with van der Waals surface area (Å²) in [6.45, 7) is 13.3. The first-order chi connectivity index (χ1) is 6.85. The third kappa shape index (κ3) is 4.55. The number of piperidine rings is 1. The second-order valence-corrected chi connectivity index (χ2v) is 6.52. The number of hydrogen-bond donors (Lipinski definition) is 1. The summed E-state index contributed by atoms with van der Waals surface area (Å²) in [7, 11) is 0. The van der Waals surface area contributed by atoms with Crippen molar-refractivity contribution < 1.29 is 0 Å². The first-order valence-corrected chi connectivity index (χ1v) is 6.43. The molecule has 1 saturated heterocycles. The molecule has 15 heavy (non-hydrogen) atoms. The molecule has 0 amide bonds. The van der Waals surface area contributed by atoms with E-state index in [-0.39, 0.29) is 0 Å². The van der Waals surface area contributed by atoms with Gasteiger partial charge in [-0.1, -0.05) is 32.6 Å². The highest BCUT2D eigenvalue weighted by Gasteiger charge is 2.36. The molecule has 1 aliphatic rings. The minimum atomic E-state index is 0.316. The van der Waals surface area contributed by atoms with Crippen LogP contribution in [0.15, 0.2) is 0 Å². The largest absolute Gasteiger partial charge is 0.307 e. The van der Waals surface area contributed by atoms with Gasteiger partial charge in [-0.15, -0.1) is 0 Å². The van der Waals surface area contributed by atoms with Gasteiger partial charge in [0.15, 0.2) is 0 Å². The molecule has 1 fully saturated rings. The summed E-state index contributed by atoms with van der Waals surface area (Å²) in [4.78, 5) is 0. The zero-order valence-electron chi connectivity index (χ0n) is 11.0. The second-order valence-electron chi connectivity index (χ2n) is 6.52. The van der Waals surface area contributed by atoms with Crippen molar-refractivity contribution >= 4 is 0 Å². The minimum Gasteiger partial charge on any atom is -0.307 e. The van der Waals surface area contributed by atoms with E-state index in [2.05, 4.69) is 39.9 Å². The zero-order valence-corrected chi connectivity index (χ0v) is 11.0. The lowest BCUT2D eigenvalue weighted by atomic mass is 9.74. The number of nitrogens with one attached hydrogen (secondary N) is 1. The summed E-state index contributed by atoms with van der Waals surface area (Å²) in [6.07, 6.45) is 7.80. The maximum atomic E-state index is 3.91. The molecule has 0 bridgehead atoms. The van der Waals surface area contributed by atoms with Gasteiger partial charge in [-0.3, -0.25) is 0 Å². The zero-order chi connectivity index (χ0) is 11.5. The maximum absolute atomic E-state index is 3.91. The predicted molar refractivity (Wildman–Crippen MR) is 67.8 cm³/mol. The lowest BCUT2D eigenvalue weighted by Crippen LogP contribution is -2.57. The molecule has 0 unspecified atom stereocenters. The standard InChI is InChI=1S/C14H28N/c1-6-7-8-9-12-10-13(2,3)15-14(4,5)11-12/h12,15H,1,6-11H2,2-5H3. The molecule has 1 rings (SSSR count). The van der Waals surface area contributed by atoms with E-state index in [0.717, 1.165) is 12.3 Å². The van der Waals surface area contributed by atoms with Crippen molar-refractivity contribution in [3.05, 3.63) is 6.92 Å². The highest BCUT2D eigenvalue weighted by Crippen LogP contribution is 2.35. The highest BCUT2D eigenvalue weighted by molar-refractivity contribution is 4.96. The Morgan fingerprint density at radius 3 is 2.07 bits per heavy atom. The summed E-state index contributed by atoms with van der Waals surface area (Å²) in [5, 5.41) is 3.74. The molecule has 0 saturated carbocycles. The molecule has 1 radical (unpaired) electrons. The van der Waals surface area contributed by atoms with E-state index in [1.165, 1.54) is 32.1 Å². The van der Waals surface area contributed by atoms with E-state index >= 15 is 0 Å². The number of unbranched alkanes of at least 4 members (excludes halogenated alkanes) is 2. The fraction of sp³-hybridized carbons (Fsp3) is 0.929. The molecule has 0 aromatic rings. The molecular formula is C14H28N. The van der Waals surface area contributed by atoms with E-state index in [9.17, 15) is 0 Å². The molecule has 1 aliphatic heterocycles. The van der Waals surface area contributed by atoms with Crippen LogP contribution in [0.5, 0.6) is 0 Å². The first kappa shape index (κ1) is 13.0. The van der Waals surface area contributed by atoms with Crippen LogP contribution < -0.4 is 5.32 Å². The van der Waals surface area contributed by atoms with Crippen LogP contribution in [0, 0.1) is 12.8 Å². The lowest BCUT2D eigenvalue weighted by molar-refractivity contribution is 0.122. The van der Waals surface area contributed by atoms with E-state index in [1.807, 2.05) is 0 Å². The van der Waals surface area contributed by atoms with Crippen LogP contribution in [0.1, 0.15) is 66.2 Å². The minimum absolute atomic E-state index is 0.316. The van der Waals surface area contributed by atoms with E-state index in [1.54, 1.807) is 0 Å². The van der Waals surface area contributed by atoms with Gasteiger partial charge >= 0.3 is 0 Å². The smallest absolute Gasteiger partial charge is 0.0132 e. The van der Waals surface area contributed by atoms with Crippen LogP contribution in [-0.4, -0.2) is 11.1 Å². The third-order valence-electron chi connectivity index (χ3n) is 3.39. The predicted octanol–water partition coefficient (Wildman–Crippen LogP) is 3.94. The van der Waals surface area contributed by atoms with Crippen LogP contribution in [0.25, 0.3) is 0 Å². The molecule has 1 heteroatoms. The first-order valence-electron chi connectivity index (χ1n) is 6.43. The molecule has 89 valence electrons. The Balaban J connectivity index is 2.44. The Labute approximate surface area is 96.0 Å². The molecule has 1 heterocycles. The normalized spacial score (nSPS) is 25.4. The summed E-state index contributed by atoms with van der Waals surface area (Å²) < 4.78 is 0. The highest BCUT2D eigenvalue weighted by atomic mass is 15.0. The van der Waals surface area contributed by atoms with Crippen molar-refractivity contribution in [2.24, 2.45) is 5.92 Å². The van der Waals surface area contributed by atoms with Gasteiger partial charge in [-0.2, -0.15) is 0 Å². The van der Waals surface area contributed by atoms with Crippen molar-refractivity contribution in [3.63, 3.8) is 0 Å². The van der Waals surface area contributed by atoms with Gasteiger partial charge in [0.2, 0.25) is 0 Å². The third-order valence-corrected chi connectivity index (χ3v) is 3.39. The van der Waals surface area contributed by atoms with Gasteiger partial charge in [0, 0.05) is 11.1 Å². The Kier molecular flexibility index (Phi) is 4.22. The number of hydrogen-bond acceptors (Lipinski definition) is 1. The monoisotopic (exact) mass is 210 g/mol. The van der Waals surface area contributed by atoms with Crippen molar-refractivity contribution in [2.75, 3.05) is 0 Å². The molecule has 0 aromatic carbocycles. The molecule has 1 N–H and O–H groups in total. The fourth-order valence-corrected chi connectivity index (χ4v) is 3.35. The Bertz CT molecular complexity index is 178. The van der Waals surface area contributed by atoms with Gasteiger partial charge in [0.25, 0.3) is 0 Å². The average Bonchev–Trinajstić information content (AvgIpc) is 1.98. The molecule has 0 aromatic heterocycles. The van der Waals surface area contributed by atoms with E-state index < -0.39 is 0 Å². The molecule has 0 atom stereocenters. The topological polar surface area (TPSA) is 12.0 Å². The van der Waals surface area contributed by atoms with E-state index in [0.29, 0.717) is 11.1 Å². The Hall–Kier alpha value is -0.0400. The quantitative estimate of drug-likeness (QED) is 0.693. The van der Waals surface area contributed by atoms with Crippen molar-refractivity contribution in [1.29, 1.82) is 0 Å². The SMILES string of the molecule is [CH2]CCCCC1CC(C)(C)NC(C)(C)C1. The van der Waals surface area contributed by atoms with Gasteiger partial charge in [0.05, 0.1) is 0 Å². The Morgan fingerprint density at radius 1 is 1.07 bits per heavy atom. The molecule has 0 spiro atoms. The molecule has 1 nitrogen and oxygen atoms in total. The molecular weight excluding hydrogens is 182 g/mol. The van der Waals surface area contributed by atoms with Crippen molar-refractivity contribution in [1.82, 2.24) is 5.32 Å². The average molecular weight is 210 g/mol. The summed E-state index contributed by atoms with van der Waals surface area (Å²) in [6, 6.07) is 0. The van der Waals surface area contributed by atoms with Gasteiger partial charge in [-0.25, -0.2) is 0 Å². The van der Waals surface area contributed by atoms with Crippen LogP contribution >= 0.6 is 0 Å². The van der Waals surface area contributed by atoms with Crippen molar-refractivity contribution in [3.8, 4) is 0 Å². The second kappa shape index (κ2) is 4.86. The fourth-order valence-electron chi connectivity index (χ4n) is 3.35. The molecule has 0 aliphatic carbocycles. The van der Waals surface area contributed by atoms with Crippen molar-refractivity contribution in [2.45, 2.75) is 77.3 Å². The van der Waals surface area contributed by atoms with Crippen LogP contribution in [0.2, 0.25) is 0 Å². The summed E-state index contributed by atoms with van der Waals surface area (Å²) >= 11 is 0. The summed E-state index contributed by atoms with van der Waals surface area (Å²) in [5.74, 6) is 0.905. The maximum Gasteiger partial charge on any atom is 0.0132 e. The van der Waals surface area contributed by atoms with Gasteiger partial charge in [-0.05, 0) is 46.5 Å².